The summed E-state index contributed by atoms with van der Waals surface area (Å²) in [6.07, 6.45) is 3.15. The molecule has 0 saturated heterocycles. The van der Waals surface area contributed by atoms with Gasteiger partial charge in [0.15, 0.2) is 5.13 Å². The van der Waals surface area contributed by atoms with Crippen molar-refractivity contribution in [1.82, 2.24) is 4.98 Å². The standard InChI is InChI=1S/C14H15FN2S/c1-8-10(3-2-4-11(8)15)7-12-13(9-5-6-9)17-14(16)18-12/h2-4,9H,5-7H2,1H3,(H2,16,17). The number of nitrogen functional groups attached to an aromatic ring is 1. The average molecular weight is 262 g/mol. The molecule has 94 valence electrons. The molecule has 1 saturated carbocycles. The van der Waals surface area contributed by atoms with E-state index in [1.54, 1.807) is 6.07 Å². The number of aromatic nitrogens is 1. The zero-order valence-corrected chi connectivity index (χ0v) is 11.1. The Hall–Kier alpha value is -1.42. The topological polar surface area (TPSA) is 38.9 Å². The van der Waals surface area contributed by atoms with Gasteiger partial charge in [0.1, 0.15) is 5.82 Å². The van der Waals surface area contributed by atoms with Crippen LogP contribution >= 0.6 is 11.3 Å². The second kappa shape index (κ2) is 4.35. The van der Waals surface area contributed by atoms with E-state index < -0.39 is 0 Å². The summed E-state index contributed by atoms with van der Waals surface area (Å²) in [7, 11) is 0. The molecule has 2 N–H and O–H groups in total. The number of anilines is 1. The Labute approximate surface area is 110 Å². The normalized spacial score (nSPS) is 15.0. The maximum absolute atomic E-state index is 13.5. The fourth-order valence-corrected chi connectivity index (χ4v) is 3.14. The Morgan fingerprint density at radius 3 is 2.94 bits per heavy atom. The number of rotatable bonds is 3. The second-order valence-corrected chi connectivity index (χ2v) is 5.95. The first-order chi connectivity index (χ1) is 8.65. The lowest BCUT2D eigenvalue weighted by Crippen LogP contribution is -1.95. The van der Waals surface area contributed by atoms with Crippen LogP contribution in [0.15, 0.2) is 18.2 Å². The molecule has 0 radical (unpaired) electrons. The van der Waals surface area contributed by atoms with Gasteiger partial charge in [0.25, 0.3) is 0 Å². The van der Waals surface area contributed by atoms with E-state index in [4.69, 9.17) is 5.73 Å². The number of nitrogens with two attached hydrogens (primary N) is 1. The van der Waals surface area contributed by atoms with Crippen molar-refractivity contribution in [2.75, 3.05) is 5.73 Å². The predicted molar refractivity (Wildman–Crippen MR) is 72.4 cm³/mol. The van der Waals surface area contributed by atoms with Crippen molar-refractivity contribution in [3.63, 3.8) is 0 Å². The van der Waals surface area contributed by atoms with E-state index in [1.165, 1.54) is 35.1 Å². The third-order valence-electron chi connectivity index (χ3n) is 3.44. The van der Waals surface area contributed by atoms with Gasteiger partial charge in [0.05, 0.1) is 5.69 Å². The summed E-state index contributed by atoms with van der Waals surface area (Å²) in [4.78, 5) is 5.62. The van der Waals surface area contributed by atoms with Gasteiger partial charge in [-0.1, -0.05) is 12.1 Å². The minimum absolute atomic E-state index is 0.141. The quantitative estimate of drug-likeness (QED) is 0.917. The van der Waals surface area contributed by atoms with Gasteiger partial charge in [-0.3, -0.25) is 0 Å². The minimum Gasteiger partial charge on any atom is -0.375 e. The Bertz CT molecular complexity index is 587. The molecule has 0 unspecified atom stereocenters. The van der Waals surface area contributed by atoms with Crippen LogP contribution in [0.1, 0.15) is 40.5 Å². The van der Waals surface area contributed by atoms with Crippen molar-refractivity contribution >= 4 is 16.5 Å². The summed E-state index contributed by atoms with van der Waals surface area (Å²) >= 11 is 1.54. The summed E-state index contributed by atoms with van der Waals surface area (Å²) in [5.41, 5.74) is 8.70. The van der Waals surface area contributed by atoms with E-state index in [2.05, 4.69) is 4.98 Å². The van der Waals surface area contributed by atoms with Crippen LogP contribution in [-0.2, 0) is 6.42 Å². The minimum atomic E-state index is -0.141. The number of nitrogens with zero attached hydrogens (tertiary/aromatic N) is 1. The monoisotopic (exact) mass is 262 g/mol. The highest BCUT2D eigenvalue weighted by Gasteiger charge is 2.29. The Kier molecular flexibility index (Phi) is 2.82. The SMILES string of the molecule is Cc1c(F)cccc1Cc1sc(N)nc1C1CC1. The fourth-order valence-electron chi connectivity index (χ4n) is 2.20. The van der Waals surface area contributed by atoms with Crippen LogP contribution in [0.2, 0.25) is 0 Å². The summed E-state index contributed by atoms with van der Waals surface area (Å²) in [5.74, 6) is 0.445. The van der Waals surface area contributed by atoms with E-state index in [-0.39, 0.29) is 5.82 Å². The molecule has 0 amide bonds. The fraction of sp³-hybridized carbons (Fsp3) is 0.357. The highest BCUT2D eigenvalue weighted by molar-refractivity contribution is 7.15. The lowest BCUT2D eigenvalue weighted by Gasteiger charge is -2.06. The largest absolute Gasteiger partial charge is 0.375 e. The third kappa shape index (κ3) is 2.12. The molecular formula is C14H15FN2S. The van der Waals surface area contributed by atoms with Crippen LogP contribution in [0.4, 0.5) is 9.52 Å². The van der Waals surface area contributed by atoms with Gasteiger partial charge in [-0.25, -0.2) is 9.37 Å². The van der Waals surface area contributed by atoms with Crippen LogP contribution in [0, 0.1) is 12.7 Å². The van der Waals surface area contributed by atoms with Gasteiger partial charge in [-0.15, -0.1) is 11.3 Å². The molecular weight excluding hydrogens is 247 g/mol. The predicted octanol–water partition coefficient (Wildman–Crippen LogP) is 3.64. The molecule has 0 bridgehead atoms. The smallest absolute Gasteiger partial charge is 0.180 e. The zero-order chi connectivity index (χ0) is 12.7. The maximum atomic E-state index is 13.5. The van der Waals surface area contributed by atoms with Crippen molar-refractivity contribution in [2.45, 2.75) is 32.1 Å². The van der Waals surface area contributed by atoms with Crippen LogP contribution in [0.5, 0.6) is 0 Å². The van der Waals surface area contributed by atoms with Crippen LogP contribution in [0.3, 0.4) is 0 Å². The Balaban J connectivity index is 1.94. The van der Waals surface area contributed by atoms with E-state index in [9.17, 15) is 4.39 Å². The van der Waals surface area contributed by atoms with Gasteiger partial charge in [0, 0.05) is 17.2 Å². The molecule has 2 aromatic rings. The summed E-state index contributed by atoms with van der Waals surface area (Å²) in [6, 6.07) is 5.24. The maximum Gasteiger partial charge on any atom is 0.180 e. The number of halogens is 1. The van der Waals surface area contributed by atoms with Crippen LogP contribution < -0.4 is 5.73 Å². The summed E-state index contributed by atoms with van der Waals surface area (Å²) in [5, 5.41) is 0.626. The number of hydrogen-bond donors (Lipinski definition) is 1. The zero-order valence-electron chi connectivity index (χ0n) is 10.2. The van der Waals surface area contributed by atoms with Crippen LogP contribution in [-0.4, -0.2) is 4.98 Å². The lowest BCUT2D eigenvalue weighted by molar-refractivity contribution is 0.616. The molecule has 0 aliphatic heterocycles. The average Bonchev–Trinajstić information content (AvgIpc) is 3.10. The molecule has 1 aromatic heterocycles. The van der Waals surface area contributed by atoms with Crippen molar-refractivity contribution < 1.29 is 4.39 Å². The molecule has 1 aliphatic rings. The molecule has 0 spiro atoms. The first-order valence-electron chi connectivity index (χ1n) is 6.14. The summed E-state index contributed by atoms with van der Waals surface area (Å²) in [6.45, 7) is 1.83. The van der Waals surface area contributed by atoms with E-state index in [0.717, 1.165) is 23.2 Å². The van der Waals surface area contributed by atoms with Crippen LogP contribution in [0.25, 0.3) is 0 Å². The molecule has 2 nitrogen and oxygen atoms in total. The molecule has 4 heteroatoms. The van der Waals surface area contributed by atoms with Gasteiger partial charge in [-0.2, -0.15) is 0 Å². The lowest BCUT2D eigenvalue weighted by atomic mass is 10.0. The van der Waals surface area contributed by atoms with Gasteiger partial charge >= 0.3 is 0 Å². The second-order valence-electron chi connectivity index (χ2n) is 4.84. The molecule has 18 heavy (non-hydrogen) atoms. The Morgan fingerprint density at radius 1 is 1.44 bits per heavy atom. The van der Waals surface area contributed by atoms with E-state index in [0.29, 0.717) is 11.0 Å². The number of benzene rings is 1. The van der Waals surface area contributed by atoms with Gasteiger partial charge < -0.3 is 5.73 Å². The Morgan fingerprint density at radius 2 is 2.22 bits per heavy atom. The molecule has 3 rings (SSSR count). The van der Waals surface area contributed by atoms with Crippen molar-refractivity contribution in [2.24, 2.45) is 0 Å². The van der Waals surface area contributed by atoms with Crippen molar-refractivity contribution in [3.05, 3.63) is 45.7 Å². The van der Waals surface area contributed by atoms with Crippen molar-refractivity contribution in [3.8, 4) is 0 Å². The third-order valence-corrected chi connectivity index (χ3v) is 4.34. The molecule has 1 heterocycles. The first-order valence-corrected chi connectivity index (χ1v) is 6.96. The first kappa shape index (κ1) is 11.7. The molecule has 1 aliphatic carbocycles. The van der Waals surface area contributed by atoms with Gasteiger partial charge in [0.2, 0.25) is 0 Å². The molecule has 0 atom stereocenters. The van der Waals surface area contributed by atoms with Gasteiger partial charge in [-0.05, 0) is 37.0 Å². The molecule has 1 aromatic carbocycles. The summed E-state index contributed by atoms with van der Waals surface area (Å²) < 4.78 is 13.5. The van der Waals surface area contributed by atoms with E-state index >= 15 is 0 Å². The number of thiazole rings is 1. The number of hydrogen-bond acceptors (Lipinski definition) is 3. The highest BCUT2D eigenvalue weighted by atomic mass is 32.1. The van der Waals surface area contributed by atoms with E-state index in [1.807, 2.05) is 13.0 Å². The highest BCUT2D eigenvalue weighted by Crippen LogP contribution is 2.43. The molecule has 1 fully saturated rings. The van der Waals surface area contributed by atoms with Crippen molar-refractivity contribution in [1.29, 1.82) is 0 Å².